The SMILES string of the molecule is CCCS(=O)(=O)CC1CC(C2=C(C)B(O)Oc3cnc4[nH]ccc4c32)C1. The predicted octanol–water partition coefficient (Wildman–Crippen LogP) is 2.60. The van der Waals surface area contributed by atoms with E-state index in [1.807, 2.05) is 26.1 Å². The quantitative estimate of drug-likeness (QED) is 0.785. The van der Waals surface area contributed by atoms with Gasteiger partial charge >= 0.3 is 7.12 Å². The summed E-state index contributed by atoms with van der Waals surface area (Å²) in [7, 11) is -3.94. The van der Waals surface area contributed by atoms with Gasteiger partial charge in [-0.05, 0) is 55.1 Å². The maximum atomic E-state index is 12.1. The number of nitrogens with one attached hydrogen (secondary N) is 1. The van der Waals surface area contributed by atoms with Crippen molar-refractivity contribution in [2.24, 2.45) is 11.8 Å². The summed E-state index contributed by atoms with van der Waals surface area (Å²) in [6.07, 6.45) is 5.81. The van der Waals surface area contributed by atoms with E-state index in [0.29, 0.717) is 12.2 Å². The third-order valence-corrected chi connectivity index (χ3v) is 7.51. The molecular weight excluding hydrogens is 351 g/mol. The average Bonchev–Trinajstić information content (AvgIpc) is 3.01. The first-order valence-electron chi connectivity index (χ1n) is 9.12. The maximum Gasteiger partial charge on any atom is 0.555 e. The largest absolute Gasteiger partial charge is 0.555 e. The summed E-state index contributed by atoms with van der Waals surface area (Å²) < 4.78 is 29.8. The Hall–Kier alpha value is -1.80. The number of aromatic nitrogens is 2. The number of allylic oxidation sites excluding steroid dienone is 2. The Morgan fingerprint density at radius 3 is 2.92 bits per heavy atom. The lowest BCUT2D eigenvalue weighted by Crippen LogP contribution is -2.36. The molecule has 0 saturated heterocycles. The molecule has 2 N–H and O–H groups in total. The number of rotatable bonds is 5. The molecule has 1 aliphatic carbocycles. The van der Waals surface area contributed by atoms with E-state index in [1.165, 1.54) is 0 Å². The second kappa shape index (κ2) is 6.42. The lowest BCUT2D eigenvalue weighted by molar-refractivity contribution is 0.272. The van der Waals surface area contributed by atoms with Crippen molar-refractivity contribution in [1.29, 1.82) is 0 Å². The third kappa shape index (κ3) is 2.95. The summed E-state index contributed by atoms with van der Waals surface area (Å²) >= 11 is 0. The van der Waals surface area contributed by atoms with E-state index in [9.17, 15) is 13.4 Å². The van der Waals surface area contributed by atoms with Crippen LogP contribution < -0.4 is 4.65 Å². The lowest BCUT2D eigenvalue weighted by atomic mass is 9.62. The Bertz CT molecular complexity index is 976. The Labute approximate surface area is 153 Å². The zero-order valence-corrected chi connectivity index (χ0v) is 15.8. The molecule has 1 aliphatic heterocycles. The van der Waals surface area contributed by atoms with Crippen LogP contribution in [-0.4, -0.2) is 42.0 Å². The Morgan fingerprint density at radius 2 is 2.19 bits per heavy atom. The fourth-order valence-electron chi connectivity index (χ4n) is 4.28. The lowest BCUT2D eigenvalue weighted by Gasteiger charge is -2.40. The van der Waals surface area contributed by atoms with Gasteiger partial charge in [0.1, 0.15) is 11.4 Å². The Morgan fingerprint density at radius 1 is 1.42 bits per heavy atom. The van der Waals surface area contributed by atoms with Crippen molar-refractivity contribution >= 4 is 33.6 Å². The highest BCUT2D eigenvalue weighted by atomic mass is 32.2. The van der Waals surface area contributed by atoms with Crippen LogP contribution in [0.3, 0.4) is 0 Å². The number of fused-ring (bicyclic) bond motifs is 3. The molecule has 0 spiro atoms. The van der Waals surface area contributed by atoms with Gasteiger partial charge in [-0.25, -0.2) is 13.4 Å². The van der Waals surface area contributed by atoms with E-state index in [-0.39, 0.29) is 23.3 Å². The highest BCUT2D eigenvalue weighted by molar-refractivity contribution is 7.91. The van der Waals surface area contributed by atoms with Gasteiger partial charge in [0.2, 0.25) is 0 Å². The molecule has 1 fully saturated rings. The smallest absolute Gasteiger partial charge is 0.531 e. The molecule has 0 amide bonds. The number of hydrogen-bond acceptors (Lipinski definition) is 5. The van der Waals surface area contributed by atoms with Crippen LogP contribution in [0.5, 0.6) is 5.75 Å². The summed E-state index contributed by atoms with van der Waals surface area (Å²) in [5.41, 5.74) is 3.68. The Balaban J connectivity index is 1.63. The number of H-pyrrole nitrogens is 1. The van der Waals surface area contributed by atoms with E-state index in [2.05, 4.69) is 9.97 Å². The fraction of sp³-hybridized carbons (Fsp3) is 0.500. The first-order chi connectivity index (χ1) is 12.4. The van der Waals surface area contributed by atoms with E-state index in [1.54, 1.807) is 6.20 Å². The van der Waals surface area contributed by atoms with Crippen molar-refractivity contribution in [2.45, 2.75) is 33.1 Å². The van der Waals surface area contributed by atoms with Gasteiger partial charge in [0.15, 0.2) is 9.84 Å². The van der Waals surface area contributed by atoms with Gasteiger partial charge in [0.25, 0.3) is 0 Å². The van der Waals surface area contributed by atoms with Crippen molar-refractivity contribution in [3.05, 3.63) is 29.5 Å². The third-order valence-electron chi connectivity index (χ3n) is 5.50. The van der Waals surface area contributed by atoms with Gasteiger partial charge in [0, 0.05) is 22.9 Å². The topological polar surface area (TPSA) is 92.3 Å². The summed E-state index contributed by atoms with van der Waals surface area (Å²) in [4.78, 5) is 7.46. The molecule has 6 nitrogen and oxygen atoms in total. The number of aromatic amines is 1. The second-order valence-corrected chi connectivity index (χ2v) is 9.68. The molecule has 0 aromatic carbocycles. The first kappa shape index (κ1) is 17.6. The molecular formula is C18H23BN2O4S. The fourth-order valence-corrected chi connectivity index (χ4v) is 6.06. The van der Waals surface area contributed by atoms with Crippen LogP contribution in [0, 0.1) is 11.8 Å². The molecule has 4 rings (SSSR count). The monoisotopic (exact) mass is 374 g/mol. The van der Waals surface area contributed by atoms with Crippen molar-refractivity contribution in [3.63, 3.8) is 0 Å². The highest BCUT2D eigenvalue weighted by Gasteiger charge is 2.41. The number of pyridine rings is 1. The van der Waals surface area contributed by atoms with Crippen LogP contribution in [0.1, 0.15) is 38.7 Å². The minimum Gasteiger partial charge on any atom is -0.531 e. The molecule has 3 heterocycles. The van der Waals surface area contributed by atoms with Gasteiger partial charge in [0.05, 0.1) is 11.9 Å². The molecule has 8 heteroatoms. The standard InChI is InChI=1S/C18H23BN2O4S/c1-3-6-26(23,24)10-12-7-13(8-12)16-11(2)19(22)25-15-9-21-18-14(17(15)16)4-5-20-18/h4-5,9,12-13,22H,3,6-8,10H2,1-2H3,(H,20,21). The number of hydrogen-bond donors (Lipinski definition) is 2. The zero-order chi connectivity index (χ0) is 18.5. The molecule has 2 aliphatic rings. The molecule has 2 aromatic rings. The van der Waals surface area contributed by atoms with Crippen LogP contribution in [0.2, 0.25) is 0 Å². The van der Waals surface area contributed by atoms with E-state index >= 15 is 0 Å². The van der Waals surface area contributed by atoms with Crippen molar-refractivity contribution in [2.75, 3.05) is 11.5 Å². The molecule has 0 unspecified atom stereocenters. The predicted molar refractivity (Wildman–Crippen MR) is 102 cm³/mol. The van der Waals surface area contributed by atoms with Crippen LogP contribution in [0.15, 0.2) is 23.9 Å². The zero-order valence-electron chi connectivity index (χ0n) is 15.0. The molecule has 1 saturated carbocycles. The van der Waals surface area contributed by atoms with Gasteiger partial charge in [-0.1, -0.05) is 6.92 Å². The van der Waals surface area contributed by atoms with E-state index in [0.717, 1.165) is 40.5 Å². The van der Waals surface area contributed by atoms with Crippen LogP contribution in [0.4, 0.5) is 0 Å². The second-order valence-electron chi connectivity index (χ2n) is 7.45. The summed E-state index contributed by atoms with van der Waals surface area (Å²) in [5.74, 6) is 1.57. The minimum absolute atomic E-state index is 0.198. The minimum atomic E-state index is -2.96. The highest BCUT2D eigenvalue weighted by Crippen LogP contribution is 2.50. The van der Waals surface area contributed by atoms with Crippen molar-refractivity contribution in [1.82, 2.24) is 9.97 Å². The van der Waals surface area contributed by atoms with Crippen LogP contribution in [-0.2, 0) is 9.84 Å². The van der Waals surface area contributed by atoms with Gasteiger partial charge in [-0.2, -0.15) is 0 Å². The van der Waals surface area contributed by atoms with E-state index < -0.39 is 17.0 Å². The number of sulfone groups is 1. The number of nitrogens with zero attached hydrogens (tertiary/aromatic N) is 1. The molecule has 0 bridgehead atoms. The normalized spacial score (nSPS) is 23.0. The summed E-state index contributed by atoms with van der Waals surface area (Å²) in [6.45, 7) is 3.79. The maximum absolute atomic E-state index is 12.1. The average molecular weight is 374 g/mol. The first-order valence-corrected chi connectivity index (χ1v) is 10.9. The van der Waals surface area contributed by atoms with Gasteiger partial charge in [-0.3, -0.25) is 0 Å². The molecule has 138 valence electrons. The molecule has 0 atom stereocenters. The van der Waals surface area contributed by atoms with Crippen LogP contribution in [0.25, 0.3) is 16.6 Å². The van der Waals surface area contributed by atoms with E-state index in [4.69, 9.17) is 4.65 Å². The summed E-state index contributed by atoms with van der Waals surface area (Å²) in [5, 5.41) is 11.3. The molecule has 26 heavy (non-hydrogen) atoms. The van der Waals surface area contributed by atoms with Gasteiger partial charge < -0.3 is 14.7 Å². The summed E-state index contributed by atoms with van der Waals surface area (Å²) in [6, 6.07) is 1.97. The molecule has 0 radical (unpaired) electrons. The van der Waals surface area contributed by atoms with Crippen LogP contribution >= 0.6 is 0 Å². The molecule has 2 aromatic heterocycles. The van der Waals surface area contributed by atoms with Gasteiger partial charge in [-0.15, -0.1) is 0 Å². The van der Waals surface area contributed by atoms with Crippen molar-refractivity contribution in [3.8, 4) is 5.75 Å². The van der Waals surface area contributed by atoms with Crippen molar-refractivity contribution < 1.29 is 18.1 Å². The Kier molecular flexibility index (Phi) is 4.35.